The molecule has 1 aliphatic heterocycles. The summed E-state index contributed by atoms with van der Waals surface area (Å²) in [6.07, 6.45) is 3.28. The Labute approximate surface area is 199 Å². The van der Waals surface area contributed by atoms with E-state index in [1.165, 1.54) is 27.6 Å². The Kier molecular flexibility index (Phi) is 7.78. The number of hydrogen-bond donors (Lipinski definition) is 3. The lowest BCUT2D eigenvalue weighted by Gasteiger charge is -2.30. The molecule has 1 saturated heterocycles. The van der Waals surface area contributed by atoms with Gasteiger partial charge in [-0.1, -0.05) is 18.6 Å². The number of carbonyl (C=O) groups is 3. The third-order valence-electron chi connectivity index (χ3n) is 6.27. The van der Waals surface area contributed by atoms with Crippen LogP contribution in [0.25, 0.3) is 0 Å². The van der Waals surface area contributed by atoms with E-state index in [-0.39, 0.29) is 11.8 Å². The minimum Gasteiger partial charge on any atom is -0.493 e. The van der Waals surface area contributed by atoms with Crippen molar-refractivity contribution in [2.45, 2.75) is 38.5 Å². The van der Waals surface area contributed by atoms with Crippen LogP contribution in [0.3, 0.4) is 0 Å². The molecule has 0 radical (unpaired) electrons. The molecule has 34 heavy (non-hydrogen) atoms. The lowest BCUT2D eigenvalue weighted by Crippen LogP contribution is -2.46. The number of ether oxygens (including phenoxy) is 2. The Bertz CT molecular complexity index is 1060. The van der Waals surface area contributed by atoms with Crippen molar-refractivity contribution < 1.29 is 23.9 Å². The number of piperidine rings is 1. The quantitative estimate of drug-likeness (QED) is 0.511. The minimum absolute atomic E-state index is 0.240. The van der Waals surface area contributed by atoms with Crippen LogP contribution in [-0.4, -0.2) is 50.0 Å². The van der Waals surface area contributed by atoms with Crippen LogP contribution in [0.15, 0.2) is 36.4 Å². The number of amides is 3. The normalized spacial score (nSPS) is 15.6. The number of Topliss-reactive ketones (excluding diaryl/α,β-unsaturated/α-hetero) is 1. The Hall–Kier alpha value is -3.59. The Morgan fingerprint density at radius 1 is 0.971 bits per heavy atom. The molecule has 1 atom stereocenters. The third kappa shape index (κ3) is 5.14. The van der Waals surface area contributed by atoms with Gasteiger partial charge in [0.25, 0.3) is 0 Å². The number of urea groups is 1. The van der Waals surface area contributed by atoms with Gasteiger partial charge in [0.1, 0.15) is 0 Å². The largest absolute Gasteiger partial charge is 0.493 e. The standard InChI is InChI=1S/C25H32N4O5/c1-16(30)19-14-21(33-3)22(34-4)15-20(19)25(2,23(26)31)17-8-10-18(11-9-17)27-24(32)28-29-12-6-5-7-13-29/h8-11,14-15H,5-7,12-13H2,1-4H3,(H2,26,31)(H2,27,28,32). The van der Waals surface area contributed by atoms with Crippen LogP contribution in [0.5, 0.6) is 11.5 Å². The number of nitrogens with two attached hydrogens (primary N) is 1. The zero-order valence-corrected chi connectivity index (χ0v) is 20.1. The molecule has 182 valence electrons. The van der Waals surface area contributed by atoms with E-state index in [2.05, 4.69) is 10.7 Å². The van der Waals surface area contributed by atoms with Crippen LogP contribution in [-0.2, 0) is 10.2 Å². The zero-order chi connectivity index (χ0) is 24.9. The second kappa shape index (κ2) is 10.6. The van der Waals surface area contributed by atoms with Crippen LogP contribution in [0.2, 0.25) is 0 Å². The van der Waals surface area contributed by atoms with Crippen LogP contribution < -0.4 is 25.9 Å². The molecule has 3 amide bonds. The molecule has 1 unspecified atom stereocenters. The first kappa shape index (κ1) is 25.0. The van der Waals surface area contributed by atoms with Crippen LogP contribution in [0.1, 0.15) is 54.6 Å². The number of anilines is 1. The first-order valence-corrected chi connectivity index (χ1v) is 11.2. The van der Waals surface area contributed by atoms with Crippen molar-refractivity contribution in [3.8, 4) is 11.5 Å². The molecule has 2 aromatic carbocycles. The summed E-state index contributed by atoms with van der Waals surface area (Å²) >= 11 is 0. The van der Waals surface area contributed by atoms with Gasteiger partial charge in [-0.15, -0.1) is 0 Å². The summed E-state index contributed by atoms with van der Waals surface area (Å²) in [6, 6.07) is 9.65. The van der Waals surface area contributed by atoms with E-state index >= 15 is 0 Å². The number of nitrogens with zero attached hydrogens (tertiary/aromatic N) is 1. The second-order valence-corrected chi connectivity index (χ2v) is 8.49. The Morgan fingerprint density at radius 3 is 2.09 bits per heavy atom. The summed E-state index contributed by atoms with van der Waals surface area (Å²) in [4.78, 5) is 37.6. The smallest absolute Gasteiger partial charge is 0.333 e. The molecule has 9 heteroatoms. The second-order valence-electron chi connectivity index (χ2n) is 8.49. The summed E-state index contributed by atoms with van der Waals surface area (Å²) in [5.74, 6) is -0.118. The van der Waals surface area contributed by atoms with Gasteiger partial charge in [0, 0.05) is 24.3 Å². The first-order valence-electron chi connectivity index (χ1n) is 11.2. The molecule has 0 saturated carbocycles. The summed E-state index contributed by atoms with van der Waals surface area (Å²) in [5.41, 5.74) is 9.23. The molecule has 0 aromatic heterocycles. The van der Waals surface area contributed by atoms with Crippen LogP contribution in [0, 0.1) is 0 Å². The summed E-state index contributed by atoms with van der Waals surface area (Å²) in [5, 5.41) is 4.70. The molecule has 4 N–H and O–H groups in total. The van der Waals surface area contributed by atoms with Gasteiger partial charge in [0.05, 0.1) is 19.6 Å². The van der Waals surface area contributed by atoms with Crippen molar-refractivity contribution in [1.82, 2.24) is 10.4 Å². The van der Waals surface area contributed by atoms with Gasteiger partial charge < -0.3 is 20.5 Å². The molecule has 0 spiro atoms. The van der Waals surface area contributed by atoms with Crippen molar-refractivity contribution in [2.24, 2.45) is 5.73 Å². The van der Waals surface area contributed by atoms with Gasteiger partial charge in [0.15, 0.2) is 17.3 Å². The lowest BCUT2D eigenvalue weighted by molar-refractivity contribution is -0.121. The fourth-order valence-electron chi connectivity index (χ4n) is 4.21. The highest BCUT2D eigenvalue weighted by molar-refractivity contribution is 6.01. The number of nitrogens with one attached hydrogen (secondary N) is 2. The lowest BCUT2D eigenvalue weighted by atomic mass is 9.73. The molecule has 1 aliphatic rings. The topological polar surface area (TPSA) is 123 Å². The SMILES string of the molecule is COc1cc(C(C)=O)c(C(C)(C(N)=O)c2ccc(NC(=O)NN3CCCCC3)cc2)cc1OC. The molecule has 1 fully saturated rings. The molecule has 0 bridgehead atoms. The number of hydrogen-bond acceptors (Lipinski definition) is 6. The van der Waals surface area contributed by atoms with Gasteiger partial charge in [-0.25, -0.2) is 9.80 Å². The average molecular weight is 469 g/mol. The number of benzene rings is 2. The summed E-state index contributed by atoms with van der Waals surface area (Å²) in [6.45, 7) is 4.73. The van der Waals surface area contributed by atoms with Crippen LogP contribution >= 0.6 is 0 Å². The number of methoxy groups -OCH3 is 2. The maximum atomic E-state index is 12.8. The van der Waals surface area contributed by atoms with E-state index in [0.717, 1.165) is 25.9 Å². The maximum Gasteiger partial charge on any atom is 0.333 e. The average Bonchev–Trinajstić information content (AvgIpc) is 2.83. The highest BCUT2D eigenvalue weighted by atomic mass is 16.5. The molecule has 2 aromatic rings. The highest BCUT2D eigenvalue weighted by Crippen LogP contribution is 2.40. The van der Waals surface area contributed by atoms with Gasteiger partial charge in [-0.2, -0.15) is 0 Å². The monoisotopic (exact) mass is 468 g/mol. The summed E-state index contributed by atoms with van der Waals surface area (Å²) < 4.78 is 10.7. The molecular weight excluding hydrogens is 436 g/mol. The zero-order valence-electron chi connectivity index (χ0n) is 20.1. The van der Waals surface area contributed by atoms with E-state index in [0.29, 0.717) is 33.9 Å². The molecule has 1 heterocycles. The fourth-order valence-corrected chi connectivity index (χ4v) is 4.21. The van der Waals surface area contributed by atoms with E-state index in [1.807, 2.05) is 5.01 Å². The first-order chi connectivity index (χ1) is 16.2. The third-order valence-corrected chi connectivity index (χ3v) is 6.27. The van der Waals surface area contributed by atoms with E-state index in [4.69, 9.17) is 15.2 Å². The molecular formula is C25H32N4O5. The number of carbonyl (C=O) groups excluding carboxylic acids is 3. The van der Waals surface area contributed by atoms with Crippen molar-refractivity contribution >= 4 is 23.4 Å². The van der Waals surface area contributed by atoms with Crippen molar-refractivity contribution in [1.29, 1.82) is 0 Å². The van der Waals surface area contributed by atoms with E-state index in [9.17, 15) is 14.4 Å². The van der Waals surface area contributed by atoms with Crippen molar-refractivity contribution in [3.63, 3.8) is 0 Å². The molecule has 0 aliphatic carbocycles. The van der Waals surface area contributed by atoms with E-state index < -0.39 is 11.3 Å². The number of primary amides is 1. The molecule has 3 rings (SSSR count). The van der Waals surface area contributed by atoms with Crippen LogP contribution in [0.4, 0.5) is 10.5 Å². The minimum atomic E-state index is -1.34. The number of rotatable bonds is 8. The summed E-state index contributed by atoms with van der Waals surface area (Å²) in [7, 11) is 2.95. The van der Waals surface area contributed by atoms with Gasteiger partial charge in [0.2, 0.25) is 5.91 Å². The van der Waals surface area contributed by atoms with Crippen molar-refractivity contribution in [3.05, 3.63) is 53.1 Å². The number of ketones is 1. The number of hydrazine groups is 1. The van der Waals surface area contributed by atoms with Gasteiger partial charge >= 0.3 is 6.03 Å². The predicted octanol–water partition coefficient (Wildman–Crippen LogP) is 3.22. The fraction of sp³-hybridized carbons (Fsp3) is 0.400. The highest BCUT2D eigenvalue weighted by Gasteiger charge is 2.39. The van der Waals surface area contributed by atoms with Crippen molar-refractivity contribution in [2.75, 3.05) is 32.6 Å². The van der Waals surface area contributed by atoms with Gasteiger partial charge in [-0.05, 0) is 62.1 Å². The maximum absolute atomic E-state index is 12.8. The van der Waals surface area contributed by atoms with E-state index in [1.54, 1.807) is 43.3 Å². The van der Waals surface area contributed by atoms with Gasteiger partial charge in [-0.3, -0.25) is 15.0 Å². The predicted molar refractivity (Wildman–Crippen MR) is 129 cm³/mol. The Balaban J connectivity index is 1.92. The Morgan fingerprint density at radius 2 is 1.56 bits per heavy atom. The molecule has 9 nitrogen and oxygen atoms in total.